The fourth-order valence-corrected chi connectivity index (χ4v) is 7.51. The summed E-state index contributed by atoms with van der Waals surface area (Å²) >= 11 is 0. The molecule has 0 bridgehead atoms. The van der Waals surface area contributed by atoms with Crippen LogP contribution in [0.3, 0.4) is 0 Å². The van der Waals surface area contributed by atoms with Crippen LogP contribution in [0.2, 0.25) is 0 Å². The van der Waals surface area contributed by atoms with Crippen molar-refractivity contribution in [3.05, 3.63) is 180 Å². The van der Waals surface area contributed by atoms with Gasteiger partial charge in [-0.2, -0.15) is 0 Å². The zero-order valence-electron chi connectivity index (χ0n) is 35.8. The number of rotatable bonds is 8. The Hall–Kier alpha value is -6.00. The smallest absolute Gasteiger partial charge is 0.137 e. The SMILES string of the molecule is CC(c1ccccc1)c1ccc(-c2cc(-c3cc(N(c4ccccc4)c4ccccn4)cc(C(C)(C)C)c3)nc(-c3cc(C(C)(C)C)cc(C(C)(C)C)c3O)c2)cc1. The van der Waals surface area contributed by atoms with E-state index in [1.165, 1.54) is 16.7 Å². The fourth-order valence-electron chi connectivity index (χ4n) is 7.51. The molecule has 4 nitrogen and oxygen atoms in total. The Kier molecular flexibility index (Phi) is 10.9. The van der Waals surface area contributed by atoms with Gasteiger partial charge in [0, 0.05) is 40.2 Å². The highest BCUT2D eigenvalue weighted by atomic mass is 16.3. The number of aromatic hydroxyl groups is 1. The van der Waals surface area contributed by atoms with Gasteiger partial charge >= 0.3 is 0 Å². The molecule has 58 heavy (non-hydrogen) atoms. The van der Waals surface area contributed by atoms with Crippen molar-refractivity contribution < 1.29 is 5.11 Å². The van der Waals surface area contributed by atoms with Crippen LogP contribution in [0.1, 0.15) is 103 Å². The van der Waals surface area contributed by atoms with E-state index in [4.69, 9.17) is 9.97 Å². The van der Waals surface area contributed by atoms with Crippen LogP contribution < -0.4 is 4.90 Å². The van der Waals surface area contributed by atoms with E-state index < -0.39 is 0 Å². The topological polar surface area (TPSA) is 49.2 Å². The van der Waals surface area contributed by atoms with Crippen molar-refractivity contribution >= 4 is 17.2 Å². The number of pyridine rings is 2. The van der Waals surface area contributed by atoms with Gasteiger partial charge in [-0.15, -0.1) is 0 Å². The first-order valence-electron chi connectivity index (χ1n) is 20.5. The first kappa shape index (κ1) is 40.2. The van der Waals surface area contributed by atoms with E-state index in [-0.39, 0.29) is 27.9 Å². The molecular formula is C54H57N3O. The van der Waals surface area contributed by atoms with Crippen LogP contribution in [0.5, 0.6) is 5.75 Å². The lowest BCUT2D eigenvalue weighted by molar-refractivity contribution is 0.446. The van der Waals surface area contributed by atoms with E-state index in [9.17, 15) is 5.11 Å². The van der Waals surface area contributed by atoms with E-state index in [1.54, 1.807) is 0 Å². The van der Waals surface area contributed by atoms with Crippen LogP contribution in [-0.2, 0) is 16.2 Å². The number of hydrogen-bond donors (Lipinski definition) is 1. The molecule has 0 spiro atoms. The molecule has 0 aliphatic heterocycles. The van der Waals surface area contributed by atoms with E-state index in [1.807, 2.05) is 30.5 Å². The summed E-state index contributed by atoms with van der Waals surface area (Å²) in [4.78, 5) is 12.5. The van der Waals surface area contributed by atoms with Gasteiger partial charge in [-0.25, -0.2) is 9.97 Å². The zero-order chi connectivity index (χ0) is 41.4. The molecule has 0 radical (unpaired) electrons. The number of phenolic OH excluding ortho intramolecular Hbond substituents is 1. The van der Waals surface area contributed by atoms with Gasteiger partial charge in [0.15, 0.2) is 0 Å². The van der Waals surface area contributed by atoms with Crippen molar-refractivity contribution in [3.8, 4) is 39.4 Å². The monoisotopic (exact) mass is 763 g/mol. The molecule has 294 valence electrons. The summed E-state index contributed by atoms with van der Waals surface area (Å²) in [6, 6.07) is 51.4. The molecule has 0 saturated heterocycles. The predicted molar refractivity (Wildman–Crippen MR) is 245 cm³/mol. The lowest BCUT2D eigenvalue weighted by Gasteiger charge is -2.28. The molecule has 0 fully saturated rings. The van der Waals surface area contributed by atoms with E-state index in [0.717, 1.165) is 62.0 Å². The third-order valence-corrected chi connectivity index (χ3v) is 11.2. The summed E-state index contributed by atoms with van der Waals surface area (Å²) in [6.07, 6.45) is 1.84. The van der Waals surface area contributed by atoms with Crippen molar-refractivity contribution in [3.63, 3.8) is 0 Å². The number of nitrogens with zero attached hydrogens (tertiary/aromatic N) is 3. The summed E-state index contributed by atoms with van der Waals surface area (Å²) in [5.74, 6) is 1.37. The van der Waals surface area contributed by atoms with E-state index >= 15 is 0 Å². The predicted octanol–water partition coefficient (Wildman–Crippen LogP) is 14.7. The molecule has 1 atom stereocenters. The van der Waals surface area contributed by atoms with Gasteiger partial charge in [-0.1, -0.05) is 154 Å². The van der Waals surface area contributed by atoms with Gasteiger partial charge in [-0.05, 0) is 110 Å². The lowest BCUT2D eigenvalue weighted by atomic mass is 9.78. The maximum absolute atomic E-state index is 12.2. The van der Waals surface area contributed by atoms with Gasteiger partial charge in [0.2, 0.25) is 0 Å². The molecule has 5 aromatic carbocycles. The first-order chi connectivity index (χ1) is 27.5. The third kappa shape index (κ3) is 8.62. The van der Waals surface area contributed by atoms with Gasteiger partial charge in [0.1, 0.15) is 11.6 Å². The summed E-state index contributed by atoms with van der Waals surface area (Å²) in [5, 5.41) is 12.2. The number of anilines is 3. The average Bonchev–Trinajstić information content (AvgIpc) is 3.20. The Morgan fingerprint density at radius 1 is 0.500 bits per heavy atom. The molecule has 0 saturated carbocycles. The first-order valence-corrected chi connectivity index (χ1v) is 20.5. The Bertz CT molecular complexity index is 2470. The molecule has 0 amide bonds. The number of aromatic nitrogens is 2. The minimum Gasteiger partial charge on any atom is -0.507 e. The standard InChI is InChI=1S/C54H57N3O/c1-36(37-19-13-11-14-20-37)38-24-26-39(27-25-38)40-31-48(56-49(32-40)46-34-43(53(5,6)7)35-47(51(46)58)54(8,9)10)41-29-42(52(2,3)4)33-45(30-41)57(44-21-15-12-16-22-44)50-23-17-18-28-55-50/h11-36,58H,1-10H3. The second-order valence-electron chi connectivity index (χ2n) is 18.7. The van der Waals surface area contributed by atoms with Crippen LogP contribution in [0, 0.1) is 0 Å². The largest absolute Gasteiger partial charge is 0.507 e. The molecule has 4 heteroatoms. The van der Waals surface area contributed by atoms with Crippen molar-refractivity contribution in [2.45, 2.75) is 91.4 Å². The Labute approximate surface area is 346 Å². The molecule has 7 aromatic rings. The molecule has 0 aliphatic rings. The van der Waals surface area contributed by atoms with Crippen LogP contribution in [0.15, 0.2) is 152 Å². The normalized spacial score (nSPS) is 12.7. The maximum atomic E-state index is 12.2. The second kappa shape index (κ2) is 15.7. The third-order valence-electron chi connectivity index (χ3n) is 11.2. The highest BCUT2D eigenvalue weighted by molar-refractivity contribution is 5.83. The highest BCUT2D eigenvalue weighted by Crippen LogP contribution is 2.44. The minimum atomic E-state index is -0.284. The number of para-hydroxylation sites is 1. The molecule has 0 aliphatic carbocycles. The minimum absolute atomic E-state index is 0.142. The molecule has 1 N–H and O–H groups in total. The maximum Gasteiger partial charge on any atom is 0.137 e. The fraction of sp³-hybridized carbons (Fsp3) is 0.259. The number of phenols is 1. The Morgan fingerprint density at radius 3 is 1.69 bits per heavy atom. The number of hydrogen-bond acceptors (Lipinski definition) is 4. The molecule has 7 rings (SSSR count). The summed E-state index contributed by atoms with van der Waals surface area (Å²) in [6.45, 7) is 22.2. The van der Waals surface area contributed by atoms with Crippen molar-refractivity contribution in [2.75, 3.05) is 4.90 Å². The Morgan fingerprint density at radius 2 is 1.09 bits per heavy atom. The Balaban J connectivity index is 1.48. The van der Waals surface area contributed by atoms with Crippen LogP contribution >= 0.6 is 0 Å². The second-order valence-corrected chi connectivity index (χ2v) is 18.7. The highest BCUT2D eigenvalue weighted by Gasteiger charge is 2.27. The van der Waals surface area contributed by atoms with Crippen molar-refractivity contribution in [1.29, 1.82) is 0 Å². The number of benzene rings is 5. The van der Waals surface area contributed by atoms with Gasteiger partial charge < -0.3 is 5.11 Å². The zero-order valence-corrected chi connectivity index (χ0v) is 35.8. The lowest BCUT2D eigenvalue weighted by Crippen LogP contribution is -2.17. The van der Waals surface area contributed by atoms with E-state index in [0.29, 0.717) is 0 Å². The summed E-state index contributed by atoms with van der Waals surface area (Å²) < 4.78 is 0. The summed E-state index contributed by atoms with van der Waals surface area (Å²) in [7, 11) is 0. The van der Waals surface area contributed by atoms with Gasteiger partial charge in [0.05, 0.1) is 11.4 Å². The quantitative estimate of drug-likeness (QED) is 0.167. The van der Waals surface area contributed by atoms with Gasteiger partial charge in [0.25, 0.3) is 0 Å². The van der Waals surface area contributed by atoms with Crippen LogP contribution in [0.25, 0.3) is 33.6 Å². The van der Waals surface area contributed by atoms with Crippen LogP contribution in [-0.4, -0.2) is 15.1 Å². The van der Waals surface area contributed by atoms with Crippen molar-refractivity contribution in [1.82, 2.24) is 9.97 Å². The molecule has 2 aromatic heterocycles. The average molecular weight is 764 g/mol. The molecule has 2 heterocycles. The van der Waals surface area contributed by atoms with Crippen molar-refractivity contribution in [2.24, 2.45) is 0 Å². The molecular weight excluding hydrogens is 707 g/mol. The molecule has 1 unspecified atom stereocenters. The van der Waals surface area contributed by atoms with Crippen LogP contribution in [0.4, 0.5) is 17.2 Å². The summed E-state index contributed by atoms with van der Waals surface area (Å²) in [5.41, 5.74) is 12.6. The van der Waals surface area contributed by atoms with Gasteiger partial charge in [-0.3, -0.25) is 4.90 Å². The van der Waals surface area contributed by atoms with E-state index in [2.05, 4.69) is 195 Å².